The third kappa shape index (κ3) is 4.04. The van der Waals surface area contributed by atoms with Crippen LogP contribution in [0.5, 0.6) is 0 Å². The first-order valence-electron chi connectivity index (χ1n) is 9.70. The number of alkyl halides is 6. The lowest BCUT2D eigenvalue weighted by atomic mass is 9.91. The van der Waals surface area contributed by atoms with Crippen LogP contribution in [0, 0.1) is 0 Å². The molecule has 0 fully saturated rings. The van der Waals surface area contributed by atoms with Crippen LogP contribution >= 0.6 is 22.9 Å². The first-order valence-corrected chi connectivity index (χ1v) is 10.9. The molecule has 3 N–H and O–H groups in total. The number of aliphatic hydroxyl groups is 1. The predicted octanol–water partition coefficient (Wildman–Crippen LogP) is 6.98. The standard InChI is InChI=1S/C23H15ClF6N2OS/c24-16-7-2-1-5-14(16)19(31)18-10-12-4-3-6-15(20(12)34-18)17-11-13(8-9-32-17)21(33,22(25,26)27)23(28,29)30/h1-11,19,33H,31H2/t19-/m1/s1. The Labute approximate surface area is 198 Å². The van der Waals surface area contributed by atoms with Gasteiger partial charge in [0.2, 0.25) is 0 Å². The first-order chi connectivity index (χ1) is 15.8. The maximum atomic E-state index is 13.3. The molecule has 0 aliphatic heterocycles. The highest BCUT2D eigenvalue weighted by molar-refractivity contribution is 7.19. The van der Waals surface area contributed by atoms with E-state index in [1.807, 2.05) is 0 Å². The van der Waals surface area contributed by atoms with E-state index in [9.17, 15) is 31.4 Å². The van der Waals surface area contributed by atoms with Crippen LogP contribution in [-0.2, 0) is 5.60 Å². The molecule has 0 bridgehead atoms. The molecule has 0 aliphatic rings. The van der Waals surface area contributed by atoms with Crippen molar-refractivity contribution in [2.45, 2.75) is 24.0 Å². The van der Waals surface area contributed by atoms with E-state index < -0.39 is 29.6 Å². The number of halogens is 7. The van der Waals surface area contributed by atoms with Gasteiger partial charge in [0.15, 0.2) is 0 Å². The van der Waals surface area contributed by atoms with Gasteiger partial charge in [0, 0.05) is 31.9 Å². The molecule has 11 heteroatoms. The van der Waals surface area contributed by atoms with E-state index in [1.165, 1.54) is 17.4 Å². The molecule has 0 aliphatic carbocycles. The lowest BCUT2D eigenvalue weighted by Crippen LogP contribution is -2.53. The van der Waals surface area contributed by atoms with Gasteiger partial charge in [-0.2, -0.15) is 26.3 Å². The number of fused-ring (bicyclic) bond motifs is 1. The summed E-state index contributed by atoms with van der Waals surface area (Å²) in [6, 6.07) is 14.1. The van der Waals surface area contributed by atoms with Crippen molar-refractivity contribution >= 4 is 33.0 Å². The molecule has 1 atom stereocenters. The van der Waals surface area contributed by atoms with Crippen LogP contribution in [0.1, 0.15) is 22.0 Å². The summed E-state index contributed by atoms with van der Waals surface area (Å²) in [5.41, 5.74) is 0.762. The van der Waals surface area contributed by atoms with Crippen molar-refractivity contribution in [1.29, 1.82) is 0 Å². The van der Waals surface area contributed by atoms with Gasteiger partial charge in [-0.1, -0.05) is 48.0 Å². The van der Waals surface area contributed by atoms with Crippen molar-refractivity contribution in [3.8, 4) is 11.3 Å². The molecule has 0 amide bonds. The number of pyridine rings is 1. The van der Waals surface area contributed by atoms with Gasteiger partial charge in [-0.05, 0) is 35.2 Å². The SMILES string of the molecule is N[C@@H](c1cc2cccc(-c3cc(C(O)(C(F)(F)F)C(F)(F)F)ccn3)c2s1)c1ccccc1Cl. The molecule has 4 aromatic rings. The largest absolute Gasteiger partial charge is 0.430 e. The summed E-state index contributed by atoms with van der Waals surface area (Å²) < 4.78 is 80.6. The van der Waals surface area contributed by atoms with Crippen molar-refractivity contribution in [2.75, 3.05) is 0 Å². The second-order valence-corrected chi connectivity index (χ2v) is 9.00. The summed E-state index contributed by atoms with van der Waals surface area (Å²) in [4.78, 5) is 4.66. The van der Waals surface area contributed by atoms with Gasteiger partial charge in [-0.25, -0.2) is 0 Å². The fourth-order valence-corrected chi connectivity index (χ4v) is 5.07. The maximum Gasteiger partial charge on any atom is 0.430 e. The normalized spacial score (nSPS) is 13.9. The van der Waals surface area contributed by atoms with Crippen LogP contribution in [0.4, 0.5) is 26.3 Å². The zero-order chi connectivity index (χ0) is 24.9. The molecule has 178 valence electrons. The Hall–Kier alpha value is -2.66. The van der Waals surface area contributed by atoms with Crippen LogP contribution in [0.25, 0.3) is 21.3 Å². The molecular formula is C23H15ClF6N2OS. The van der Waals surface area contributed by atoms with Gasteiger partial charge in [0.25, 0.3) is 5.60 Å². The molecule has 4 rings (SSSR count). The molecule has 2 aromatic heterocycles. The van der Waals surface area contributed by atoms with Crippen molar-refractivity contribution in [1.82, 2.24) is 4.98 Å². The zero-order valence-corrected chi connectivity index (χ0v) is 18.5. The number of nitrogens with zero attached hydrogens (tertiary/aromatic N) is 1. The molecule has 2 heterocycles. The second-order valence-electron chi connectivity index (χ2n) is 7.51. The Morgan fingerprint density at radius 1 is 0.912 bits per heavy atom. The summed E-state index contributed by atoms with van der Waals surface area (Å²) in [6.07, 6.45) is -11.2. The number of hydrogen-bond acceptors (Lipinski definition) is 4. The number of nitrogens with two attached hydrogens (primary N) is 1. The van der Waals surface area contributed by atoms with Gasteiger partial charge >= 0.3 is 12.4 Å². The Kier molecular flexibility index (Phi) is 6.14. The number of thiophene rings is 1. The highest BCUT2D eigenvalue weighted by Gasteiger charge is 2.71. The van der Waals surface area contributed by atoms with Crippen LogP contribution in [0.15, 0.2) is 66.9 Å². The lowest BCUT2D eigenvalue weighted by molar-refractivity contribution is -0.376. The molecule has 0 unspecified atom stereocenters. The quantitative estimate of drug-likeness (QED) is 0.288. The van der Waals surface area contributed by atoms with Crippen molar-refractivity contribution in [3.05, 3.63) is 87.9 Å². The van der Waals surface area contributed by atoms with E-state index >= 15 is 0 Å². The van der Waals surface area contributed by atoms with Gasteiger partial charge < -0.3 is 10.8 Å². The van der Waals surface area contributed by atoms with E-state index in [4.69, 9.17) is 17.3 Å². The Bertz CT molecular complexity index is 1340. The highest BCUT2D eigenvalue weighted by atomic mass is 35.5. The molecular weight excluding hydrogens is 502 g/mol. The minimum atomic E-state index is -5.99. The van der Waals surface area contributed by atoms with Gasteiger partial charge in [0.05, 0.1) is 11.7 Å². The Morgan fingerprint density at radius 3 is 2.24 bits per heavy atom. The van der Waals surface area contributed by atoms with Crippen LogP contribution in [-0.4, -0.2) is 22.4 Å². The zero-order valence-electron chi connectivity index (χ0n) is 17.0. The lowest BCUT2D eigenvalue weighted by Gasteiger charge is -2.32. The van der Waals surface area contributed by atoms with Gasteiger partial charge in [-0.3, -0.25) is 4.98 Å². The Morgan fingerprint density at radius 2 is 1.59 bits per heavy atom. The fraction of sp³-hybridized carbons (Fsp3) is 0.174. The molecule has 0 spiro atoms. The number of aromatic nitrogens is 1. The van der Waals surface area contributed by atoms with Gasteiger partial charge in [-0.15, -0.1) is 11.3 Å². The van der Waals surface area contributed by atoms with E-state index in [1.54, 1.807) is 42.5 Å². The van der Waals surface area contributed by atoms with Crippen molar-refractivity contribution < 1.29 is 31.4 Å². The van der Waals surface area contributed by atoms with Crippen LogP contribution in [0.3, 0.4) is 0 Å². The van der Waals surface area contributed by atoms with Crippen molar-refractivity contribution in [2.24, 2.45) is 5.73 Å². The van der Waals surface area contributed by atoms with E-state index in [-0.39, 0.29) is 5.69 Å². The molecule has 34 heavy (non-hydrogen) atoms. The summed E-state index contributed by atoms with van der Waals surface area (Å²) in [7, 11) is 0. The third-order valence-electron chi connectivity index (χ3n) is 5.38. The summed E-state index contributed by atoms with van der Waals surface area (Å²) in [5.74, 6) is 0. The van der Waals surface area contributed by atoms with E-state index in [2.05, 4.69) is 4.98 Å². The van der Waals surface area contributed by atoms with E-state index in [0.717, 1.165) is 6.20 Å². The van der Waals surface area contributed by atoms with Crippen LogP contribution in [0.2, 0.25) is 5.02 Å². The topological polar surface area (TPSA) is 59.1 Å². The Balaban J connectivity index is 1.84. The molecule has 0 saturated carbocycles. The summed E-state index contributed by atoms with van der Waals surface area (Å²) in [5, 5.41) is 10.9. The predicted molar refractivity (Wildman–Crippen MR) is 119 cm³/mol. The monoisotopic (exact) mass is 516 g/mol. The molecule has 0 saturated heterocycles. The van der Waals surface area contributed by atoms with Gasteiger partial charge in [0.1, 0.15) is 0 Å². The molecule has 0 radical (unpaired) electrons. The highest BCUT2D eigenvalue weighted by Crippen LogP contribution is 2.50. The molecule has 3 nitrogen and oxygen atoms in total. The average molecular weight is 517 g/mol. The summed E-state index contributed by atoms with van der Waals surface area (Å²) in [6.45, 7) is 0. The fourth-order valence-electron chi connectivity index (χ4n) is 3.61. The number of hydrogen-bond donors (Lipinski definition) is 2. The molecule has 2 aromatic carbocycles. The third-order valence-corrected chi connectivity index (χ3v) is 7.00. The summed E-state index contributed by atoms with van der Waals surface area (Å²) >= 11 is 7.46. The minimum absolute atomic E-state index is 0.158. The number of rotatable bonds is 4. The maximum absolute atomic E-state index is 13.3. The number of benzene rings is 2. The smallest absolute Gasteiger partial charge is 0.369 e. The van der Waals surface area contributed by atoms with Crippen molar-refractivity contribution in [3.63, 3.8) is 0 Å². The second kappa shape index (κ2) is 8.53. The van der Waals surface area contributed by atoms with Crippen LogP contribution < -0.4 is 5.73 Å². The minimum Gasteiger partial charge on any atom is -0.369 e. The first kappa shape index (κ1) is 24.5. The average Bonchev–Trinajstić information content (AvgIpc) is 3.21. The van der Waals surface area contributed by atoms with E-state index in [0.29, 0.717) is 43.2 Å².